The van der Waals surface area contributed by atoms with Crippen LogP contribution in [0.4, 0.5) is 11.4 Å². The van der Waals surface area contributed by atoms with Crippen LogP contribution in [0.1, 0.15) is 38.2 Å². The third-order valence-electron chi connectivity index (χ3n) is 6.35. The zero-order valence-corrected chi connectivity index (χ0v) is 17.1. The molecule has 1 N–H and O–H groups in total. The van der Waals surface area contributed by atoms with Gasteiger partial charge in [-0.15, -0.1) is 0 Å². The van der Waals surface area contributed by atoms with Crippen molar-refractivity contribution >= 4 is 23.2 Å². The van der Waals surface area contributed by atoms with E-state index < -0.39 is 0 Å². The van der Waals surface area contributed by atoms with Gasteiger partial charge in [-0.25, -0.2) is 0 Å². The van der Waals surface area contributed by atoms with Gasteiger partial charge in [-0.2, -0.15) is 0 Å². The Hall–Kier alpha value is -2.82. The minimum atomic E-state index is -0.387. The van der Waals surface area contributed by atoms with Crippen LogP contribution in [0.15, 0.2) is 54.6 Å². The Morgan fingerprint density at radius 3 is 2.14 bits per heavy atom. The van der Waals surface area contributed by atoms with E-state index in [2.05, 4.69) is 34.5 Å². The van der Waals surface area contributed by atoms with Gasteiger partial charge in [0, 0.05) is 44.0 Å². The number of anilines is 2. The van der Waals surface area contributed by atoms with Gasteiger partial charge in [0.15, 0.2) is 0 Å². The van der Waals surface area contributed by atoms with Crippen molar-refractivity contribution in [1.29, 1.82) is 0 Å². The molecule has 1 saturated heterocycles. The van der Waals surface area contributed by atoms with Crippen molar-refractivity contribution in [2.24, 2.45) is 0 Å². The van der Waals surface area contributed by atoms with Gasteiger partial charge in [-0.1, -0.05) is 43.7 Å². The van der Waals surface area contributed by atoms with Gasteiger partial charge in [0.05, 0.1) is 5.41 Å². The van der Waals surface area contributed by atoms with E-state index >= 15 is 0 Å². The summed E-state index contributed by atoms with van der Waals surface area (Å²) in [5, 5.41) is 2.88. The average Bonchev–Trinajstić information content (AvgIpc) is 2.74. The molecular weight excluding hydrogens is 362 g/mol. The summed E-state index contributed by atoms with van der Waals surface area (Å²) in [7, 11) is 0. The first-order valence-electron chi connectivity index (χ1n) is 10.6. The van der Waals surface area contributed by atoms with Crippen molar-refractivity contribution in [1.82, 2.24) is 4.90 Å². The number of nitrogens with zero attached hydrogens (tertiary/aromatic N) is 2. The summed E-state index contributed by atoms with van der Waals surface area (Å²) in [5.41, 5.74) is 2.71. The van der Waals surface area contributed by atoms with Crippen LogP contribution in [-0.2, 0) is 15.0 Å². The fraction of sp³-hybridized carbons (Fsp3) is 0.417. The summed E-state index contributed by atoms with van der Waals surface area (Å²) in [6, 6.07) is 18.3. The molecule has 0 bridgehead atoms. The number of amides is 2. The number of piperazine rings is 1. The zero-order chi connectivity index (χ0) is 20.3. The van der Waals surface area contributed by atoms with Gasteiger partial charge in [0.2, 0.25) is 11.8 Å². The van der Waals surface area contributed by atoms with Gasteiger partial charge < -0.3 is 15.1 Å². The van der Waals surface area contributed by atoms with Crippen molar-refractivity contribution in [3.8, 4) is 0 Å². The van der Waals surface area contributed by atoms with Gasteiger partial charge in [0.25, 0.3) is 0 Å². The first kappa shape index (κ1) is 19.5. The maximum atomic E-state index is 13.5. The molecular formula is C24H29N3O2. The summed E-state index contributed by atoms with van der Waals surface area (Å²) in [6.07, 6.45) is 3.36. The SMILES string of the molecule is CCC(=O)Nc1ccc(C2(C(=O)N3CCN(c4ccccc4)CC3)CCC2)cc1. The highest BCUT2D eigenvalue weighted by atomic mass is 16.2. The fourth-order valence-corrected chi connectivity index (χ4v) is 4.39. The van der Waals surface area contributed by atoms with Crippen LogP contribution in [0.3, 0.4) is 0 Å². The van der Waals surface area contributed by atoms with Crippen molar-refractivity contribution in [2.75, 3.05) is 36.4 Å². The van der Waals surface area contributed by atoms with Gasteiger partial charge in [0.1, 0.15) is 0 Å². The highest BCUT2D eigenvalue weighted by molar-refractivity contribution is 5.91. The minimum absolute atomic E-state index is 0.00321. The molecule has 1 heterocycles. The van der Waals surface area contributed by atoms with Gasteiger partial charge in [-0.3, -0.25) is 9.59 Å². The molecule has 1 aliphatic carbocycles. The van der Waals surface area contributed by atoms with Crippen LogP contribution < -0.4 is 10.2 Å². The van der Waals surface area contributed by atoms with Crippen LogP contribution in [-0.4, -0.2) is 42.9 Å². The lowest BCUT2D eigenvalue weighted by molar-refractivity contribution is -0.141. The average molecular weight is 392 g/mol. The Kier molecular flexibility index (Phi) is 5.56. The van der Waals surface area contributed by atoms with Crippen LogP contribution in [0.25, 0.3) is 0 Å². The fourth-order valence-electron chi connectivity index (χ4n) is 4.39. The molecule has 2 aromatic carbocycles. The molecule has 0 unspecified atom stereocenters. The first-order valence-corrected chi connectivity index (χ1v) is 10.6. The van der Waals surface area contributed by atoms with Crippen LogP contribution in [0.2, 0.25) is 0 Å². The lowest BCUT2D eigenvalue weighted by Gasteiger charge is -2.46. The lowest BCUT2D eigenvalue weighted by Crippen LogP contribution is -2.56. The molecule has 0 spiro atoms. The predicted octanol–water partition coefficient (Wildman–Crippen LogP) is 3.81. The number of benzene rings is 2. The quantitative estimate of drug-likeness (QED) is 0.843. The predicted molar refractivity (Wildman–Crippen MR) is 116 cm³/mol. The molecule has 29 heavy (non-hydrogen) atoms. The van der Waals surface area contributed by atoms with Gasteiger partial charge >= 0.3 is 0 Å². The van der Waals surface area contributed by atoms with E-state index in [4.69, 9.17) is 0 Å². The van der Waals surface area contributed by atoms with Crippen molar-refractivity contribution < 1.29 is 9.59 Å². The van der Waals surface area contributed by atoms with Crippen molar-refractivity contribution in [2.45, 2.75) is 38.0 Å². The highest BCUT2D eigenvalue weighted by Crippen LogP contribution is 2.45. The largest absolute Gasteiger partial charge is 0.368 e. The number of rotatable bonds is 5. The molecule has 5 heteroatoms. The summed E-state index contributed by atoms with van der Waals surface area (Å²) in [4.78, 5) is 29.5. The first-order chi connectivity index (χ1) is 14.1. The van der Waals surface area contributed by atoms with Crippen LogP contribution in [0.5, 0.6) is 0 Å². The smallest absolute Gasteiger partial charge is 0.233 e. The maximum Gasteiger partial charge on any atom is 0.233 e. The molecule has 4 rings (SSSR count). The van der Waals surface area contributed by atoms with Gasteiger partial charge in [-0.05, 0) is 42.7 Å². The third kappa shape index (κ3) is 3.86. The standard InChI is InChI=1S/C24H29N3O2/c1-2-22(28)25-20-11-9-19(10-12-20)24(13-6-14-24)23(29)27-17-15-26(16-18-27)21-7-4-3-5-8-21/h3-5,7-12H,2,6,13-18H2,1H3,(H,25,28). The minimum Gasteiger partial charge on any atom is -0.368 e. The number of carbonyl (C=O) groups is 2. The van der Waals surface area contributed by atoms with E-state index in [-0.39, 0.29) is 17.2 Å². The van der Waals surface area contributed by atoms with Crippen LogP contribution >= 0.6 is 0 Å². The molecule has 2 aromatic rings. The Morgan fingerprint density at radius 2 is 1.59 bits per heavy atom. The Balaban J connectivity index is 1.44. The van der Waals surface area contributed by atoms with E-state index in [1.807, 2.05) is 42.2 Å². The summed E-state index contributed by atoms with van der Waals surface area (Å²) >= 11 is 0. The highest BCUT2D eigenvalue weighted by Gasteiger charge is 2.47. The number of hydrogen-bond acceptors (Lipinski definition) is 3. The van der Waals surface area contributed by atoms with E-state index in [1.165, 1.54) is 5.69 Å². The monoisotopic (exact) mass is 391 g/mol. The Morgan fingerprint density at radius 1 is 0.931 bits per heavy atom. The number of nitrogens with one attached hydrogen (secondary N) is 1. The molecule has 2 aliphatic rings. The van der Waals surface area contributed by atoms with Crippen molar-refractivity contribution in [3.05, 3.63) is 60.2 Å². The van der Waals surface area contributed by atoms with E-state index in [9.17, 15) is 9.59 Å². The third-order valence-corrected chi connectivity index (χ3v) is 6.35. The van der Waals surface area contributed by atoms with E-state index in [0.29, 0.717) is 6.42 Å². The zero-order valence-electron chi connectivity index (χ0n) is 17.1. The summed E-state index contributed by atoms with van der Waals surface area (Å²) in [6.45, 7) is 5.10. The molecule has 0 atom stereocenters. The molecule has 5 nitrogen and oxygen atoms in total. The molecule has 152 valence electrons. The Labute approximate surface area is 172 Å². The molecule has 2 fully saturated rings. The molecule has 1 aliphatic heterocycles. The normalized spacial score (nSPS) is 18.1. The topological polar surface area (TPSA) is 52.7 Å². The molecule has 0 radical (unpaired) electrons. The number of carbonyl (C=O) groups excluding carboxylic acids is 2. The Bertz CT molecular complexity index is 851. The van der Waals surface area contributed by atoms with Crippen LogP contribution in [0, 0.1) is 0 Å². The maximum absolute atomic E-state index is 13.5. The molecule has 0 aromatic heterocycles. The van der Waals surface area contributed by atoms with E-state index in [1.54, 1.807) is 0 Å². The summed E-state index contributed by atoms with van der Waals surface area (Å²) in [5.74, 6) is 0.269. The van der Waals surface area contributed by atoms with Crippen molar-refractivity contribution in [3.63, 3.8) is 0 Å². The molecule has 2 amide bonds. The second-order valence-electron chi connectivity index (χ2n) is 8.03. The lowest BCUT2D eigenvalue weighted by atomic mass is 9.63. The number of hydrogen-bond donors (Lipinski definition) is 1. The molecule has 1 saturated carbocycles. The van der Waals surface area contributed by atoms with E-state index in [0.717, 1.165) is 56.7 Å². The second kappa shape index (κ2) is 8.27. The second-order valence-corrected chi connectivity index (χ2v) is 8.03. The number of para-hydroxylation sites is 1. The summed E-state index contributed by atoms with van der Waals surface area (Å²) < 4.78 is 0.